The number of carbonyl (C=O) groups is 1. The lowest BCUT2D eigenvalue weighted by Gasteiger charge is -2.15. The molecule has 0 radical (unpaired) electrons. The zero-order valence-electron chi connectivity index (χ0n) is 14.2. The first-order valence-electron chi connectivity index (χ1n) is 7.86. The Kier molecular flexibility index (Phi) is 6.49. The summed E-state index contributed by atoms with van der Waals surface area (Å²) < 4.78 is 16.2. The number of nitrogens with one attached hydrogen (secondary N) is 1. The molecule has 1 amide bonds. The molecule has 24 heavy (non-hydrogen) atoms. The van der Waals surface area contributed by atoms with Gasteiger partial charge in [0, 0.05) is 0 Å². The molecule has 0 heterocycles. The molecule has 0 saturated heterocycles. The van der Waals surface area contributed by atoms with E-state index in [-0.39, 0.29) is 5.91 Å². The average Bonchev–Trinajstić information content (AvgIpc) is 2.60. The molecule has 0 unspecified atom stereocenters. The van der Waals surface area contributed by atoms with Crippen LogP contribution in [0.5, 0.6) is 17.2 Å². The van der Waals surface area contributed by atoms with Gasteiger partial charge in [-0.3, -0.25) is 4.79 Å². The first-order chi connectivity index (χ1) is 11.6. The van der Waals surface area contributed by atoms with Crippen LogP contribution >= 0.6 is 0 Å². The second-order valence-corrected chi connectivity index (χ2v) is 5.39. The lowest BCUT2D eigenvalue weighted by atomic mass is 10.2. The largest absolute Gasteiger partial charge is 0.497 e. The molecule has 0 aliphatic heterocycles. The maximum Gasteiger partial charge on any atom is 0.260 e. The van der Waals surface area contributed by atoms with Gasteiger partial charge in [0.1, 0.15) is 23.9 Å². The Morgan fingerprint density at radius 2 is 1.58 bits per heavy atom. The summed E-state index contributed by atoms with van der Waals surface area (Å²) in [5.41, 5.74) is 1.18. The van der Waals surface area contributed by atoms with E-state index in [9.17, 15) is 4.79 Å². The summed E-state index contributed by atoms with van der Waals surface area (Å²) in [6, 6.07) is 14.9. The minimum Gasteiger partial charge on any atom is -0.497 e. The average molecular weight is 329 g/mol. The predicted molar refractivity (Wildman–Crippen MR) is 92.8 cm³/mol. The van der Waals surface area contributed by atoms with Crippen LogP contribution in [-0.2, 0) is 4.79 Å². The molecule has 0 aromatic heterocycles. The lowest BCUT2D eigenvalue weighted by Crippen LogP contribution is -2.38. The van der Waals surface area contributed by atoms with Gasteiger partial charge in [0.05, 0.1) is 13.7 Å². The van der Waals surface area contributed by atoms with Gasteiger partial charge in [-0.1, -0.05) is 17.7 Å². The van der Waals surface area contributed by atoms with Gasteiger partial charge >= 0.3 is 0 Å². The Morgan fingerprint density at radius 3 is 2.21 bits per heavy atom. The van der Waals surface area contributed by atoms with Crippen molar-refractivity contribution in [1.82, 2.24) is 5.32 Å². The highest BCUT2D eigenvalue weighted by Gasteiger charge is 2.14. The number of rotatable bonds is 8. The van der Waals surface area contributed by atoms with E-state index in [0.717, 1.165) is 11.5 Å². The zero-order valence-corrected chi connectivity index (χ0v) is 14.2. The van der Waals surface area contributed by atoms with Crippen LogP contribution in [0.4, 0.5) is 0 Å². The zero-order chi connectivity index (χ0) is 17.4. The van der Waals surface area contributed by atoms with Crippen LogP contribution in [0.25, 0.3) is 0 Å². The van der Waals surface area contributed by atoms with E-state index in [1.54, 1.807) is 38.3 Å². The Bertz CT molecular complexity index is 637. The molecule has 0 spiro atoms. The van der Waals surface area contributed by atoms with Crippen LogP contribution in [0.3, 0.4) is 0 Å². The third-order valence-electron chi connectivity index (χ3n) is 3.43. The molecular formula is C19H23NO4. The van der Waals surface area contributed by atoms with Gasteiger partial charge in [0.15, 0.2) is 6.10 Å². The molecular weight excluding hydrogens is 306 g/mol. The smallest absolute Gasteiger partial charge is 0.260 e. The second-order valence-electron chi connectivity index (χ2n) is 5.39. The van der Waals surface area contributed by atoms with Crippen molar-refractivity contribution < 1.29 is 19.0 Å². The predicted octanol–water partition coefficient (Wildman–Crippen LogP) is 2.97. The standard InChI is InChI=1S/C19H23NO4/c1-14-4-6-17(7-5-14)23-13-12-20-19(21)15(2)24-18-10-8-16(22-3)9-11-18/h4-11,15H,12-13H2,1-3H3,(H,20,21)/t15-/m0/s1. The minimum atomic E-state index is -0.585. The van der Waals surface area contributed by atoms with Crippen LogP contribution in [0.1, 0.15) is 12.5 Å². The van der Waals surface area contributed by atoms with E-state index in [4.69, 9.17) is 14.2 Å². The van der Waals surface area contributed by atoms with Crippen molar-refractivity contribution >= 4 is 5.91 Å². The highest BCUT2D eigenvalue weighted by molar-refractivity contribution is 5.80. The maximum absolute atomic E-state index is 12.0. The topological polar surface area (TPSA) is 56.8 Å². The van der Waals surface area contributed by atoms with Crippen molar-refractivity contribution in [2.24, 2.45) is 0 Å². The van der Waals surface area contributed by atoms with Gasteiger partial charge in [0.25, 0.3) is 5.91 Å². The van der Waals surface area contributed by atoms with Gasteiger partial charge in [-0.25, -0.2) is 0 Å². The summed E-state index contributed by atoms with van der Waals surface area (Å²) in [5, 5.41) is 2.79. The molecule has 5 heteroatoms. The molecule has 2 aromatic carbocycles. The van der Waals surface area contributed by atoms with Gasteiger partial charge in [-0.05, 0) is 50.2 Å². The monoisotopic (exact) mass is 329 g/mol. The van der Waals surface area contributed by atoms with Crippen molar-refractivity contribution in [2.45, 2.75) is 20.0 Å². The number of amides is 1. The van der Waals surface area contributed by atoms with Crippen LogP contribution in [0.15, 0.2) is 48.5 Å². The molecule has 0 fully saturated rings. The molecule has 0 aliphatic carbocycles. The van der Waals surface area contributed by atoms with Gasteiger partial charge in [-0.2, -0.15) is 0 Å². The van der Waals surface area contributed by atoms with Gasteiger partial charge in [-0.15, -0.1) is 0 Å². The maximum atomic E-state index is 12.0. The number of benzene rings is 2. The minimum absolute atomic E-state index is 0.182. The number of hydrogen-bond donors (Lipinski definition) is 1. The second kappa shape index (κ2) is 8.82. The molecule has 128 valence electrons. The van der Waals surface area contributed by atoms with Crippen molar-refractivity contribution in [3.8, 4) is 17.2 Å². The van der Waals surface area contributed by atoms with E-state index in [2.05, 4.69) is 5.32 Å². The van der Waals surface area contributed by atoms with E-state index in [1.165, 1.54) is 5.56 Å². The third-order valence-corrected chi connectivity index (χ3v) is 3.43. The number of aryl methyl sites for hydroxylation is 1. The molecule has 1 N–H and O–H groups in total. The molecule has 5 nitrogen and oxygen atoms in total. The van der Waals surface area contributed by atoms with Crippen molar-refractivity contribution in [2.75, 3.05) is 20.3 Å². The number of carbonyl (C=O) groups excluding carboxylic acids is 1. The van der Waals surface area contributed by atoms with E-state index in [0.29, 0.717) is 18.9 Å². The van der Waals surface area contributed by atoms with Crippen LogP contribution < -0.4 is 19.5 Å². The van der Waals surface area contributed by atoms with Crippen molar-refractivity contribution in [1.29, 1.82) is 0 Å². The number of methoxy groups -OCH3 is 1. The summed E-state index contributed by atoms with van der Waals surface area (Å²) in [5.74, 6) is 1.97. The first kappa shape index (κ1) is 17.7. The van der Waals surface area contributed by atoms with Crippen LogP contribution in [0, 0.1) is 6.92 Å². The first-order valence-corrected chi connectivity index (χ1v) is 7.86. The molecule has 0 saturated carbocycles. The fourth-order valence-electron chi connectivity index (χ4n) is 2.03. The molecule has 1 atom stereocenters. The summed E-state index contributed by atoms with van der Waals surface area (Å²) in [6.07, 6.45) is -0.585. The molecule has 0 bridgehead atoms. The molecule has 0 aliphatic rings. The van der Waals surface area contributed by atoms with Crippen molar-refractivity contribution in [3.05, 3.63) is 54.1 Å². The van der Waals surface area contributed by atoms with E-state index >= 15 is 0 Å². The Morgan fingerprint density at radius 1 is 1.00 bits per heavy atom. The van der Waals surface area contributed by atoms with Gasteiger partial charge in [0.2, 0.25) is 0 Å². The fraction of sp³-hybridized carbons (Fsp3) is 0.316. The Hall–Kier alpha value is -2.69. The van der Waals surface area contributed by atoms with E-state index in [1.807, 2.05) is 31.2 Å². The van der Waals surface area contributed by atoms with E-state index < -0.39 is 6.10 Å². The summed E-state index contributed by atoms with van der Waals surface area (Å²) in [4.78, 5) is 12.0. The van der Waals surface area contributed by atoms with Crippen LogP contribution in [-0.4, -0.2) is 32.3 Å². The molecule has 2 rings (SSSR count). The third kappa shape index (κ3) is 5.50. The Labute approximate surface area is 142 Å². The number of hydrogen-bond acceptors (Lipinski definition) is 4. The number of ether oxygens (including phenoxy) is 3. The normalized spacial score (nSPS) is 11.5. The van der Waals surface area contributed by atoms with Gasteiger partial charge < -0.3 is 19.5 Å². The molecule has 2 aromatic rings. The summed E-state index contributed by atoms with van der Waals surface area (Å²) in [7, 11) is 1.60. The van der Waals surface area contributed by atoms with Crippen molar-refractivity contribution in [3.63, 3.8) is 0 Å². The quantitative estimate of drug-likeness (QED) is 0.757. The highest BCUT2D eigenvalue weighted by atomic mass is 16.5. The lowest BCUT2D eigenvalue weighted by molar-refractivity contribution is -0.127. The van der Waals surface area contributed by atoms with Crippen LogP contribution in [0.2, 0.25) is 0 Å². The fourth-order valence-corrected chi connectivity index (χ4v) is 2.03. The highest BCUT2D eigenvalue weighted by Crippen LogP contribution is 2.18. The summed E-state index contributed by atoms with van der Waals surface area (Å²) >= 11 is 0. The SMILES string of the molecule is COc1ccc(O[C@@H](C)C(=O)NCCOc2ccc(C)cc2)cc1. The summed E-state index contributed by atoms with van der Waals surface area (Å²) in [6.45, 7) is 4.56. The Balaban J connectivity index is 1.70.